The lowest BCUT2D eigenvalue weighted by molar-refractivity contribution is 0.0189. The molecule has 0 aliphatic carbocycles. The largest absolute Gasteiger partial charge is 0.381 e. The lowest BCUT2D eigenvalue weighted by atomic mass is 9.81. The number of hydrogen-bond acceptors (Lipinski definition) is 3. The Balaban J connectivity index is 1.82. The molecule has 3 atom stereocenters. The van der Waals surface area contributed by atoms with E-state index in [1.807, 2.05) is 0 Å². The van der Waals surface area contributed by atoms with Gasteiger partial charge in [-0.2, -0.15) is 0 Å². The highest BCUT2D eigenvalue weighted by molar-refractivity contribution is 4.88. The maximum absolute atomic E-state index is 5.47. The van der Waals surface area contributed by atoms with Gasteiger partial charge in [-0.3, -0.25) is 0 Å². The molecule has 2 saturated heterocycles. The molecule has 3 nitrogen and oxygen atoms in total. The van der Waals surface area contributed by atoms with Gasteiger partial charge in [0.25, 0.3) is 0 Å². The number of likely N-dealkylation sites (tertiary alicyclic amines) is 1. The molecule has 106 valence electrons. The van der Waals surface area contributed by atoms with Crippen LogP contribution in [0.2, 0.25) is 0 Å². The Morgan fingerprint density at radius 3 is 2.61 bits per heavy atom. The van der Waals surface area contributed by atoms with Crippen molar-refractivity contribution in [2.24, 2.45) is 11.3 Å². The fourth-order valence-electron chi connectivity index (χ4n) is 3.24. The maximum Gasteiger partial charge on any atom is 0.0471 e. The summed E-state index contributed by atoms with van der Waals surface area (Å²) in [5, 5.41) is 3.85. The highest BCUT2D eigenvalue weighted by Crippen LogP contribution is 2.30. The number of nitrogens with zero attached hydrogens (tertiary/aromatic N) is 1. The fourth-order valence-corrected chi connectivity index (χ4v) is 3.24. The van der Waals surface area contributed by atoms with Gasteiger partial charge >= 0.3 is 0 Å². The topological polar surface area (TPSA) is 24.5 Å². The highest BCUT2D eigenvalue weighted by Gasteiger charge is 2.32. The van der Waals surface area contributed by atoms with Crippen LogP contribution in [0.15, 0.2) is 0 Å². The zero-order valence-corrected chi connectivity index (χ0v) is 12.5. The van der Waals surface area contributed by atoms with E-state index in [0.29, 0.717) is 17.5 Å². The van der Waals surface area contributed by atoms with Crippen molar-refractivity contribution in [1.29, 1.82) is 0 Å². The first-order valence-corrected chi connectivity index (χ1v) is 7.51. The molecule has 2 rings (SSSR count). The van der Waals surface area contributed by atoms with Crippen LogP contribution in [0.4, 0.5) is 0 Å². The molecule has 3 heteroatoms. The summed E-state index contributed by atoms with van der Waals surface area (Å²) in [6.07, 6.45) is 3.69. The van der Waals surface area contributed by atoms with Crippen LogP contribution < -0.4 is 5.32 Å². The summed E-state index contributed by atoms with van der Waals surface area (Å²) in [6, 6.07) is 1.40. The van der Waals surface area contributed by atoms with E-state index >= 15 is 0 Å². The number of nitrogens with one attached hydrogen (secondary N) is 1. The van der Waals surface area contributed by atoms with Crippen LogP contribution in [0.5, 0.6) is 0 Å². The second-order valence-corrected chi connectivity index (χ2v) is 6.91. The molecule has 0 amide bonds. The average molecular weight is 254 g/mol. The monoisotopic (exact) mass is 254 g/mol. The van der Waals surface area contributed by atoms with Crippen LogP contribution in [0.1, 0.15) is 40.0 Å². The molecular formula is C15H30N2O. The molecule has 18 heavy (non-hydrogen) atoms. The Hall–Kier alpha value is -0.120. The number of hydrogen-bond donors (Lipinski definition) is 1. The average Bonchev–Trinajstić information content (AvgIpc) is 2.33. The van der Waals surface area contributed by atoms with Crippen molar-refractivity contribution in [3.05, 3.63) is 0 Å². The summed E-state index contributed by atoms with van der Waals surface area (Å²) in [5.74, 6) is 0.759. The van der Waals surface area contributed by atoms with Crippen LogP contribution >= 0.6 is 0 Å². The van der Waals surface area contributed by atoms with Crippen LogP contribution in [-0.2, 0) is 4.74 Å². The number of piperidine rings is 1. The molecule has 1 N–H and O–H groups in total. The Bertz CT molecular complexity index is 263. The SMILES string of the molecule is CC1CN(C)C(C)CC1NCC1(C)CCOCC1. The van der Waals surface area contributed by atoms with Crippen molar-refractivity contribution in [2.45, 2.75) is 52.1 Å². The number of rotatable bonds is 3. The molecular weight excluding hydrogens is 224 g/mol. The lowest BCUT2D eigenvalue weighted by Gasteiger charge is -2.42. The zero-order chi connectivity index (χ0) is 13.2. The quantitative estimate of drug-likeness (QED) is 0.835. The van der Waals surface area contributed by atoms with E-state index in [1.54, 1.807) is 0 Å². The van der Waals surface area contributed by atoms with Crippen molar-refractivity contribution < 1.29 is 4.74 Å². The van der Waals surface area contributed by atoms with Gasteiger partial charge in [-0.15, -0.1) is 0 Å². The van der Waals surface area contributed by atoms with Gasteiger partial charge in [-0.25, -0.2) is 0 Å². The first kappa shape index (κ1) is 14.3. The normalized spacial score (nSPS) is 37.7. The summed E-state index contributed by atoms with van der Waals surface area (Å²) in [5.41, 5.74) is 0.449. The van der Waals surface area contributed by atoms with E-state index in [4.69, 9.17) is 4.74 Å². The molecule has 0 radical (unpaired) electrons. The summed E-state index contributed by atoms with van der Waals surface area (Å²) in [7, 11) is 2.25. The van der Waals surface area contributed by atoms with Crippen molar-refractivity contribution in [2.75, 3.05) is 33.4 Å². The fraction of sp³-hybridized carbons (Fsp3) is 1.00. The molecule has 2 heterocycles. The highest BCUT2D eigenvalue weighted by atomic mass is 16.5. The molecule has 2 fully saturated rings. The molecule has 0 saturated carbocycles. The van der Waals surface area contributed by atoms with E-state index in [9.17, 15) is 0 Å². The van der Waals surface area contributed by atoms with Crippen LogP contribution in [0.3, 0.4) is 0 Å². The lowest BCUT2D eigenvalue weighted by Crippen LogP contribution is -2.53. The first-order chi connectivity index (χ1) is 8.50. The third-order valence-corrected chi connectivity index (χ3v) is 5.10. The predicted molar refractivity (Wildman–Crippen MR) is 75.8 cm³/mol. The summed E-state index contributed by atoms with van der Waals surface area (Å²) in [6.45, 7) is 11.4. The third kappa shape index (κ3) is 3.46. The Morgan fingerprint density at radius 1 is 1.28 bits per heavy atom. The molecule has 2 aliphatic heterocycles. The standard InChI is InChI=1S/C15H30N2O/c1-12-10-17(4)13(2)9-14(12)16-11-15(3)5-7-18-8-6-15/h12-14,16H,5-11H2,1-4H3. The zero-order valence-electron chi connectivity index (χ0n) is 12.5. The summed E-state index contributed by atoms with van der Waals surface area (Å²) in [4.78, 5) is 2.49. The third-order valence-electron chi connectivity index (χ3n) is 5.10. The van der Waals surface area contributed by atoms with E-state index < -0.39 is 0 Å². The van der Waals surface area contributed by atoms with Gasteiger partial charge < -0.3 is 15.0 Å². The summed E-state index contributed by atoms with van der Waals surface area (Å²) >= 11 is 0. The second kappa shape index (κ2) is 5.89. The second-order valence-electron chi connectivity index (χ2n) is 6.91. The molecule has 0 aromatic rings. The molecule has 2 aliphatic rings. The maximum atomic E-state index is 5.47. The van der Waals surface area contributed by atoms with E-state index in [0.717, 1.165) is 25.7 Å². The smallest absolute Gasteiger partial charge is 0.0471 e. The Morgan fingerprint density at radius 2 is 1.94 bits per heavy atom. The van der Waals surface area contributed by atoms with Gasteiger partial charge in [0.2, 0.25) is 0 Å². The van der Waals surface area contributed by atoms with Crippen molar-refractivity contribution in [3.8, 4) is 0 Å². The Kier molecular flexibility index (Phi) is 4.68. The van der Waals surface area contributed by atoms with Gasteiger partial charge in [-0.05, 0) is 44.6 Å². The Labute approximate surface area is 112 Å². The minimum atomic E-state index is 0.449. The molecule has 3 unspecified atom stereocenters. The minimum absolute atomic E-state index is 0.449. The van der Waals surface area contributed by atoms with E-state index in [-0.39, 0.29) is 0 Å². The van der Waals surface area contributed by atoms with Crippen molar-refractivity contribution in [1.82, 2.24) is 10.2 Å². The van der Waals surface area contributed by atoms with Crippen molar-refractivity contribution >= 4 is 0 Å². The molecule has 0 spiro atoms. The van der Waals surface area contributed by atoms with E-state index in [1.165, 1.54) is 25.8 Å². The molecule has 0 aromatic carbocycles. The van der Waals surface area contributed by atoms with Gasteiger partial charge in [0.15, 0.2) is 0 Å². The molecule has 0 aromatic heterocycles. The van der Waals surface area contributed by atoms with E-state index in [2.05, 4.69) is 38.0 Å². The van der Waals surface area contributed by atoms with Crippen LogP contribution in [0.25, 0.3) is 0 Å². The minimum Gasteiger partial charge on any atom is -0.381 e. The van der Waals surface area contributed by atoms with Crippen LogP contribution in [-0.4, -0.2) is 50.3 Å². The number of ether oxygens (including phenoxy) is 1. The van der Waals surface area contributed by atoms with Gasteiger partial charge in [0.1, 0.15) is 0 Å². The first-order valence-electron chi connectivity index (χ1n) is 7.51. The van der Waals surface area contributed by atoms with Crippen molar-refractivity contribution in [3.63, 3.8) is 0 Å². The van der Waals surface area contributed by atoms with Gasteiger partial charge in [0, 0.05) is 38.4 Å². The van der Waals surface area contributed by atoms with Crippen LogP contribution in [0, 0.1) is 11.3 Å². The molecule has 0 bridgehead atoms. The van der Waals surface area contributed by atoms with Gasteiger partial charge in [-0.1, -0.05) is 13.8 Å². The summed E-state index contributed by atoms with van der Waals surface area (Å²) < 4.78 is 5.47. The predicted octanol–water partition coefficient (Wildman–Crippen LogP) is 2.12. The van der Waals surface area contributed by atoms with Gasteiger partial charge in [0.05, 0.1) is 0 Å².